The molecule has 0 aliphatic carbocycles. The first-order valence-electron chi connectivity index (χ1n) is 6.24. The number of benzene rings is 2. The molecule has 0 saturated heterocycles. The first-order chi connectivity index (χ1) is 9.77. The van der Waals surface area contributed by atoms with Gasteiger partial charge in [-0.1, -0.05) is 0 Å². The molecule has 2 rings (SSSR count). The number of primary sulfonamides is 1. The summed E-state index contributed by atoms with van der Waals surface area (Å²) in [6, 6.07) is 12.4. The lowest BCUT2D eigenvalue weighted by Crippen LogP contribution is -2.14. The van der Waals surface area contributed by atoms with Gasteiger partial charge in [0, 0.05) is 31.2 Å². The molecule has 6 nitrogen and oxygen atoms in total. The van der Waals surface area contributed by atoms with Crippen molar-refractivity contribution in [2.45, 2.75) is 4.90 Å². The second kappa shape index (κ2) is 5.63. The Labute approximate surface area is 124 Å². The molecule has 0 unspecified atom stereocenters. The minimum atomic E-state index is -3.80. The molecule has 7 heteroatoms. The van der Waals surface area contributed by atoms with E-state index in [-0.39, 0.29) is 10.6 Å². The van der Waals surface area contributed by atoms with E-state index in [2.05, 4.69) is 5.32 Å². The van der Waals surface area contributed by atoms with Crippen LogP contribution in [0.1, 0.15) is 0 Å². The summed E-state index contributed by atoms with van der Waals surface area (Å²) in [5.41, 5.74) is 8.50. The smallest absolute Gasteiger partial charge is 0.240 e. The monoisotopic (exact) mass is 306 g/mol. The molecule has 0 amide bonds. The summed E-state index contributed by atoms with van der Waals surface area (Å²) in [6.45, 7) is 0. The number of sulfonamides is 1. The summed E-state index contributed by atoms with van der Waals surface area (Å²) < 4.78 is 22.6. The van der Waals surface area contributed by atoms with Crippen molar-refractivity contribution in [2.75, 3.05) is 30.0 Å². The van der Waals surface area contributed by atoms with Crippen LogP contribution in [0.4, 0.5) is 22.7 Å². The fraction of sp³-hybridized carbons (Fsp3) is 0.143. The predicted molar refractivity (Wildman–Crippen MR) is 86.3 cm³/mol. The zero-order valence-electron chi connectivity index (χ0n) is 11.9. The summed E-state index contributed by atoms with van der Waals surface area (Å²) in [5, 5.41) is 8.23. The molecule has 0 atom stereocenters. The van der Waals surface area contributed by atoms with E-state index in [0.29, 0.717) is 5.69 Å². The molecule has 0 heterocycles. The van der Waals surface area contributed by atoms with E-state index in [0.717, 1.165) is 11.4 Å². The molecule has 21 heavy (non-hydrogen) atoms. The zero-order chi connectivity index (χ0) is 15.6. The van der Waals surface area contributed by atoms with E-state index < -0.39 is 10.0 Å². The van der Waals surface area contributed by atoms with Crippen LogP contribution < -0.4 is 21.1 Å². The van der Waals surface area contributed by atoms with E-state index >= 15 is 0 Å². The topological polar surface area (TPSA) is 101 Å². The van der Waals surface area contributed by atoms with Gasteiger partial charge in [-0.25, -0.2) is 13.6 Å². The highest BCUT2D eigenvalue weighted by Crippen LogP contribution is 2.25. The lowest BCUT2D eigenvalue weighted by molar-refractivity contribution is 0.598. The minimum absolute atomic E-state index is 0.0731. The average molecular weight is 306 g/mol. The largest absolute Gasteiger partial charge is 0.398 e. The van der Waals surface area contributed by atoms with Gasteiger partial charge in [0.15, 0.2) is 0 Å². The van der Waals surface area contributed by atoms with Crippen molar-refractivity contribution >= 4 is 32.8 Å². The molecular formula is C14H18N4O2S. The standard InChI is InChI=1S/C14H18N4O2S/c1-18(2)12-6-3-10(4-7-12)17-11-5-8-14(13(15)9-11)21(16,19)20/h3-9,17H,15H2,1-2H3,(H2,16,19,20). The van der Waals surface area contributed by atoms with Gasteiger partial charge in [-0.15, -0.1) is 0 Å². The molecule has 2 aromatic rings. The quantitative estimate of drug-likeness (QED) is 0.747. The van der Waals surface area contributed by atoms with Gasteiger partial charge < -0.3 is 16.0 Å². The molecule has 0 bridgehead atoms. The highest BCUT2D eigenvalue weighted by molar-refractivity contribution is 7.89. The van der Waals surface area contributed by atoms with Crippen molar-refractivity contribution in [3.05, 3.63) is 42.5 Å². The number of nitrogens with one attached hydrogen (secondary N) is 1. The lowest BCUT2D eigenvalue weighted by atomic mass is 10.2. The molecule has 0 aliphatic heterocycles. The van der Waals surface area contributed by atoms with E-state index in [1.165, 1.54) is 6.07 Å². The van der Waals surface area contributed by atoms with Gasteiger partial charge in [0.1, 0.15) is 4.90 Å². The average Bonchev–Trinajstić information content (AvgIpc) is 2.37. The Morgan fingerprint density at radius 2 is 1.57 bits per heavy atom. The number of nitrogens with zero attached hydrogens (tertiary/aromatic N) is 1. The maximum absolute atomic E-state index is 11.3. The van der Waals surface area contributed by atoms with Crippen LogP contribution in [0.25, 0.3) is 0 Å². The summed E-state index contributed by atoms with van der Waals surface area (Å²) >= 11 is 0. The van der Waals surface area contributed by atoms with Crippen molar-refractivity contribution in [1.29, 1.82) is 0 Å². The molecule has 112 valence electrons. The Hall–Kier alpha value is -2.25. The van der Waals surface area contributed by atoms with E-state index in [1.54, 1.807) is 12.1 Å². The van der Waals surface area contributed by atoms with Crippen molar-refractivity contribution in [3.8, 4) is 0 Å². The SMILES string of the molecule is CN(C)c1ccc(Nc2ccc(S(N)(=O)=O)c(N)c2)cc1. The first-order valence-corrected chi connectivity index (χ1v) is 7.79. The molecule has 2 aromatic carbocycles. The molecular weight excluding hydrogens is 288 g/mol. The predicted octanol–water partition coefficient (Wildman–Crippen LogP) is 1.73. The lowest BCUT2D eigenvalue weighted by Gasteiger charge is -2.14. The third-order valence-electron chi connectivity index (χ3n) is 2.99. The number of nitrogen functional groups attached to an aromatic ring is 1. The fourth-order valence-electron chi connectivity index (χ4n) is 1.89. The Balaban J connectivity index is 2.22. The number of hydrogen-bond donors (Lipinski definition) is 3. The molecule has 0 fully saturated rings. The molecule has 0 aliphatic rings. The molecule has 0 spiro atoms. The fourth-order valence-corrected chi connectivity index (χ4v) is 2.54. The second-order valence-corrected chi connectivity index (χ2v) is 6.39. The van der Waals surface area contributed by atoms with Crippen LogP contribution in [0.3, 0.4) is 0 Å². The zero-order valence-corrected chi connectivity index (χ0v) is 12.7. The summed E-state index contributed by atoms with van der Waals surface area (Å²) in [4.78, 5) is 1.93. The van der Waals surface area contributed by atoms with E-state index in [1.807, 2.05) is 43.3 Å². The van der Waals surface area contributed by atoms with Gasteiger partial charge >= 0.3 is 0 Å². The number of anilines is 4. The Morgan fingerprint density at radius 1 is 1.00 bits per heavy atom. The maximum Gasteiger partial charge on any atom is 0.240 e. The summed E-state index contributed by atoms with van der Waals surface area (Å²) in [5.74, 6) is 0. The Bertz CT molecular complexity index is 740. The van der Waals surface area contributed by atoms with Crippen molar-refractivity contribution in [3.63, 3.8) is 0 Å². The molecule has 0 aromatic heterocycles. The van der Waals surface area contributed by atoms with Crippen LogP contribution in [-0.2, 0) is 10.0 Å². The maximum atomic E-state index is 11.3. The third kappa shape index (κ3) is 3.65. The van der Waals surface area contributed by atoms with Crippen LogP contribution in [0.5, 0.6) is 0 Å². The molecule has 5 N–H and O–H groups in total. The highest BCUT2D eigenvalue weighted by Gasteiger charge is 2.12. The number of rotatable bonds is 4. The van der Waals surface area contributed by atoms with Gasteiger partial charge in [0.2, 0.25) is 10.0 Å². The van der Waals surface area contributed by atoms with Crippen LogP contribution in [0, 0.1) is 0 Å². The molecule has 0 saturated carbocycles. The van der Waals surface area contributed by atoms with Crippen LogP contribution in [-0.4, -0.2) is 22.5 Å². The molecule has 0 radical (unpaired) electrons. The van der Waals surface area contributed by atoms with E-state index in [4.69, 9.17) is 10.9 Å². The van der Waals surface area contributed by atoms with Crippen LogP contribution in [0.15, 0.2) is 47.4 Å². The second-order valence-electron chi connectivity index (χ2n) is 4.86. The Kier molecular flexibility index (Phi) is 4.06. The van der Waals surface area contributed by atoms with Gasteiger partial charge in [-0.3, -0.25) is 0 Å². The summed E-state index contributed by atoms with van der Waals surface area (Å²) in [6.07, 6.45) is 0. The highest BCUT2D eigenvalue weighted by atomic mass is 32.2. The van der Waals surface area contributed by atoms with Gasteiger partial charge in [-0.05, 0) is 42.5 Å². The van der Waals surface area contributed by atoms with Crippen LogP contribution in [0.2, 0.25) is 0 Å². The van der Waals surface area contributed by atoms with Crippen LogP contribution >= 0.6 is 0 Å². The first kappa shape index (κ1) is 15.1. The van der Waals surface area contributed by atoms with Crippen molar-refractivity contribution in [2.24, 2.45) is 5.14 Å². The third-order valence-corrected chi connectivity index (χ3v) is 3.97. The minimum Gasteiger partial charge on any atom is -0.398 e. The number of nitrogens with two attached hydrogens (primary N) is 2. The van der Waals surface area contributed by atoms with E-state index in [9.17, 15) is 8.42 Å². The van der Waals surface area contributed by atoms with Gasteiger partial charge in [0.25, 0.3) is 0 Å². The van der Waals surface area contributed by atoms with Crippen molar-refractivity contribution in [1.82, 2.24) is 0 Å². The van der Waals surface area contributed by atoms with Gasteiger partial charge in [0.05, 0.1) is 5.69 Å². The normalized spacial score (nSPS) is 11.2. The number of hydrogen-bond acceptors (Lipinski definition) is 5. The van der Waals surface area contributed by atoms with Crippen molar-refractivity contribution < 1.29 is 8.42 Å². The summed E-state index contributed by atoms with van der Waals surface area (Å²) in [7, 11) is 0.138. The Morgan fingerprint density at radius 3 is 2.05 bits per heavy atom. The van der Waals surface area contributed by atoms with Gasteiger partial charge in [-0.2, -0.15) is 0 Å².